The van der Waals surface area contributed by atoms with Crippen molar-refractivity contribution in [3.05, 3.63) is 64.4 Å². The number of carbonyl (C=O) groups is 2. The molecule has 0 aliphatic carbocycles. The number of amides is 2. The molecule has 4 rings (SSSR count). The molecule has 0 saturated heterocycles. The number of benzene rings is 2. The molecule has 3 aromatic rings. The van der Waals surface area contributed by atoms with Crippen LogP contribution < -0.4 is 15.4 Å². The topological polar surface area (TPSA) is 85.2 Å². The van der Waals surface area contributed by atoms with E-state index in [1.165, 1.54) is 10.9 Å². The SMILES string of the molecule is CC1Oc2ccc(NC(=O)c3cnn(-c4ccc(Cl)cc4Cl)c3)cc2NC1=O. The van der Waals surface area contributed by atoms with Crippen molar-refractivity contribution in [3.8, 4) is 11.4 Å². The zero-order valence-corrected chi connectivity index (χ0v) is 16.1. The summed E-state index contributed by atoms with van der Waals surface area (Å²) < 4.78 is 7.00. The number of hydrogen-bond acceptors (Lipinski definition) is 4. The summed E-state index contributed by atoms with van der Waals surface area (Å²) in [6.07, 6.45) is 2.44. The average molecular weight is 417 g/mol. The van der Waals surface area contributed by atoms with E-state index in [0.717, 1.165) is 0 Å². The van der Waals surface area contributed by atoms with Crippen LogP contribution in [0, 0.1) is 0 Å². The third-order valence-corrected chi connectivity index (χ3v) is 4.71. The minimum absolute atomic E-state index is 0.239. The molecule has 1 aromatic heterocycles. The molecule has 2 aromatic carbocycles. The predicted octanol–water partition coefficient (Wildman–Crippen LogP) is 4.15. The van der Waals surface area contributed by atoms with Crippen LogP contribution in [0.15, 0.2) is 48.8 Å². The summed E-state index contributed by atoms with van der Waals surface area (Å²) in [5, 5.41) is 10.6. The highest BCUT2D eigenvalue weighted by atomic mass is 35.5. The molecular weight excluding hydrogens is 403 g/mol. The Morgan fingerprint density at radius 2 is 2.07 bits per heavy atom. The number of hydrogen-bond donors (Lipinski definition) is 2. The van der Waals surface area contributed by atoms with Gasteiger partial charge in [0, 0.05) is 16.9 Å². The van der Waals surface area contributed by atoms with Gasteiger partial charge in [-0.15, -0.1) is 0 Å². The number of fused-ring (bicyclic) bond motifs is 1. The van der Waals surface area contributed by atoms with Gasteiger partial charge < -0.3 is 15.4 Å². The second-order valence-electron chi connectivity index (χ2n) is 6.18. The second kappa shape index (κ2) is 7.18. The van der Waals surface area contributed by atoms with Crippen LogP contribution in [0.2, 0.25) is 10.0 Å². The first-order valence-corrected chi connectivity index (χ1v) is 9.09. The van der Waals surface area contributed by atoms with E-state index in [-0.39, 0.29) is 11.8 Å². The highest BCUT2D eigenvalue weighted by Crippen LogP contribution is 2.32. The van der Waals surface area contributed by atoms with Crippen LogP contribution in [0.1, 0.15) is 17.3 Å². The van der Waals surface area contributed by atoms with Crippen molar-refractivity contribution in [2.45, 2.75) is 13.0 Å². The summed E-state index contributed by atoms with van der Waals surface area (Å²) in [4.78, 5) is 24.3. The number of rotatable bonds is 3. The Kier molecular flexibility index (Phi) is 4.70. The van der Waals surface area contributed by atoms with Crippen LogP contribution >= 0.6 is 23.2 Å². The van der Waals surface area contributed by atoms with Crippen molar-refractivity contribution >= 4 is 46.4 Å². The molecule has 2 amide bonds. The van der Waals surface area contributed by atoms with Gasteiger partial charge in [0.2, 0.25) is 0 Å². The van der Waals surface area contributed by atoms with Crippen molar-refractivity contribution < 1.29 is 14.3 Å². The monoisotopic (exact) mass is 416 g/mol. The van der Waals surface area contributed by atoms with E-state index in [9.17, 15) is 9.59 Å². The van der Waals surface area contributed by atoms with Gasteiger partial charge in [-0.25, -0.2) is 4.68 Å². The van der Waals surface area contributed by atoms with Gasteiger partial charge in [-0.05, 0) is 43.3 Å². The normalized spacial score (nSPS) is 15.4. The third kappa shape index (κ3) is 3.54. The maximum atomic E-state index is 12.5. The van der Waals surface area contributed by atoms with E-state index in [1.54, 1.807) is 49.5 Å². The Bertz CT molecular complexity index is 1100. The number of nitrogens with one attached hydrogen (secondary N) is 2. The Balaban J connectivity index is 1.53. The van der Waals surface area contributed by atoms with Gasteiger partial charge in [0.1, 0.15) is 5.75 Å². The fourth-order valence-corrected chi connectivity index (χ4v) is 3.22. The zero-order chi connectivity index (χ0) is 19.8. The van der Waals surface area contributed by atoms with Crippen LogP contribution in [0.3, 0.4) is 0 Å². The summed E-state index contributed by atoms with van der Waals surface area (Å²) in [5.41, 5.74) is 1.97. The van der Waals surface area contributed by atoms with Gasteiger partial charge in [-0.2, -0.15) is 5.10 Å². The molecule has 0 spiro atoms. The fourth-order valence-electron chi connectivity index (χ4n) is 2.73. The van der Waals surface area contributed by atoms with Crippen molar-refractivity contribution in [2.24, 2.45) is 0 Å². The lowest BCUT2D eigenvalue weighted by molar-refractivity contribution is -0.122. The number of nitrogens with zero attached hydrogens (tertiary/aromatic N) is 2. The Labute approximate surface area is 170 Å². The lowest BCUT2D eigenvalue weighted by Gasteiger charge is -2.23. The van der Waals surface area contributed by atoms with Gasteiger partial charge in [0.05, 0.1) is 28.2 Å². The van der Waals surface area contributed by atoms with E-state index in [0.29, 0.717) is 38.4 Å². The minimum atomic E-state index is -0.557. The molecule has 1 unspecified atom stereocenters. The summed E-state index contributed by atoms with van der Waals surface area (Å²) in [7, 11) is 0. The number of ether oxygens (including phenoxy) is 1. The summed E-state index contributed by atoms with van der Waals surface area (Å²) in [6.45, 7) is 1.67. The first kappa shape index (κ1) is 18.3. The van der Waals surface area contributed by atoms with E-state index < -0.39 is 6.10 Å². The van der Waals surface area contributed by atoms with Crippen LogP contribution in [-0.4, -0.2) is 27.7 Å². The van der Waals surface area contributed by atoms with Crippen molar-refractivity contribution in [1.29, 1.82) is 0 Å². The summed E-state index contributed by atoms with van der Waals surface area (Å²) in [5.74, 6) is -0.0416. The van der Waals surface area contributed by atoms with Gasteiger partial charge in [0.15, 0.2) is 6.10 Å². The zero-order valence-electron chi connectivity index (χ0n) is 14.6. The molecule has 28 heavy (non-hydrogen) atoms. The first-order chi connectivity index (χ1) is 13.4. The molecule has 2 heterocycles. The number of halogens is 2. The lowest BCUT2D eigenvalue weighted by Crippen LogP contribution is -2.34. The number of anilines is 2. The average Bonchev–Trinajstić information content (AvgIpc) is 3.13. The van der Waals surface area contributed by atoms with Crippen molar-refractivity contribution in [2.75, 3.05) is 10.6 Å². The standard InChI is InChI=1S/C19H14Cl2N4O3/c1-10-18(26)24-15-7-13(3-5-17(15)28-10)23-19(27)11-8-22-25(9-11)16-4-2-12(20)6-14(16)21/h2-10H,1H3,(H,23,27)(H,24,26). The Morgan fingerprint density at radius 3 is 2.86 bits per heavy atom. The molecule has 0 radical (unpaired) electrons. The molecule has 0 fully saturated rings. The molecule has 142 valence electrons. The maximum absolute atomic E-state index is 12.5. The van der Waals surface area contributed by atoms with Gasteiger partial charge in [-0.1, -0.05) is 23.2 Å². The molecule has 1 aliphatic heterocycles. The molecule has 2 N–H and O–H groups in total. The smallest absolute Gasteiger partial charge is 0.265 e. The molecule has 1 aliphatic rings. The lowest BCUT2D eigenvalue weighted by atomic mass is 10.2. The molecule has 0 bridgehead atoms. The predicted molar refractivity (Wildman–Crippen MR) is 107 cm³/mol. The van der Waals surface area contributed by atoms with E-state index >= 15 is 0 Å². The maximum Gasteiger partial charge on any atom is 0.265 e. The molecule has 9 heteroatoms. The fraction of sp³-hybridized carbons (Fsp3) is 0.105. The summed E-state index contributed by atoms with van der Waals surface area (Å²) in [6, 6.07) is 10.0. The van der Waals surface area contributed by atoms with E-state index in [1.807, 2.05) is 0 Å². The van der Waals surface area contributed by atoms with Gasteiger partial charge >= 0.3 is 0 Å². The molecule has 0 saturated carbocycles. The summed E-state index contributed by atoms with van der Waals surface area (Å²) >= 11 is 12.1. The molecule has 7 nitrogen and oxygen atoms in total. The van der Waals surface area contributed by atoms with Crippen molar-refractivity contribution in [1.82, 2.24) is 9.78 Å². The number of carbonyl (C=O) groups excluding carboxylic acids is 2. The van der Waals surface area contributed by atoms with Gasteiger partial charge in [-0.3, -0.25) is 9.59 Å². The third-order valence-electron chi connectivity index (χ3n) is 4.17. The van der Waals surface area contributed by atoms with Crippen LogP contribution in [0.5, 0.6) is 5.75 Å². The quantitative estimate of drug-likeness (QED) is 0.671. The highest BCUT2D eigenvalue weighted by Gasteiger charge is 2.23. The Morgan fingerprint density at radius 1 is 1.25 bits per heavy atom. The number of aromatic nitrogens is 2. The van der Waals surface area contributed by atoms with Crippen LogP contribution in [0.4, 0.5) is 11.4 Å². The largest absolute Gasteiger partial charge is 0.479 e. The first-order valence-electron chi connectivity index (χ1n) is 8.34. The van der Waals surface area contributed by atoms with Gasteiger partial charge in [0.25, 0.3) is 11.8 Å². The minimum Gasteiger partial charge on any atom is -0.479 e. The highest BCUT2D eigenvalue weighted by molar-refractivity contribution is 6.35. The Hall–Kier alpha value is -3.03. The second-order valence-corrected chi connectivity index (χ2v) is 7.03. The van der Waals surface area contributed by atoms with Crippen LogP contribution in [-0.2, 0) is 4.79 Å². The van der Waals surface area contributed by atoms with E-state index in [2.05, 4.69) is 15.7 Å². The van der Waals surface area contributed by atoms with E-state index in [4.69, 9.17) is 27.9 Å². The van der Waals surface area contributed by atoms with Crippen molar-refractivity contribution in [3.63, 3.8) is 0 Å². The molecular formula is C19H14Cl2N4O3. The molecule has 1 atom stereocenters. The van der Waals surface area contributed by atoms with Crippen LogP contribution in [0.25, 0.3) is 5.69 Å².